The Morgan fingerprint density at radius 1 is 1.25 bits per heavy atom. The number of nitrogens with zero attached hydrogens (tertiary/aromatic N) is 5. The van der Waals surface area contributed by atoms with E-state index in [4.69, 9.17) is 10.5 Å². The zero-order valence-electron chi connectivity index (χ0n) is 15.6. The average Bonchev–Trinajstić information content (AvgIpc) is 3.26. The zero-order chi connectivity index (χ0) is 19.4. The molecule has 2 aromatic rings. The summed E-state index contributed by atoms with van der Waals surface area (Å²) >= 11 is 0. The highest BCUT2D eigenvalue weighted by Gasteiger charge is 2.40. The average molecular weight is 388 g/mol. The van der Waals surface area contributed by atoms with Crippen molar-refractivity contribution in [3.63, 3.8) is 0 Å². The number of aryl methyl sites for hydroxylation is 1. The van der Waals surface area contributed by atoms with Gasteiger partial charge in [0.05, 0.1) is 18.4 Å². The molecule has 1 saturated heterocycles. The third kappa shape index (κ3) is 2.94. The summed E-state index contributed by atoms with van der Waals surface area (Å²) in [6.45, 7) is 3.72. The molecule has 0 spiro atoms. The Morgan fingerprint density at radius 3 is 2.93 bits per heavy atom. The second-order valence-corrected chi connectivity index (χ2v) is 7.83. The first kappa shape index (κ1) is 17.8. The van der Waals surface area contributed by atoms with Crippen molar-refractivity contribution in [1.29, 1.82) is 0 Å². The van der Waals surface area contributed by atoms with Gasteiger partial charge in [-0.3, -0.25) is 4.90 Å². The summed E-state index contributed by atoms with van der Waals surface area (Å²) in [5.41, 5.74) is 8.54. The first-order chi connectivity index (χ1) is 13.5. The molecule has 0 amide bonds. The molecule has 2 aliphatic heterocycles. The molecule has 1 fully saturated rings. The number of aromatic nitrogens is 4. The predicted octanol–water partition coefficient (Wildman–Crippen LogP) is 1.96. The quantitative estimate of drug-likeness (QED) is 0.847. The topological polar surface area (TPSA) is 81.6 Å². The molecule has 0 radical (unpaired) electrons. The van der Waals surface area contributed by atoms with Crippen LogP contribution in [0, 0.1) is 12.8 Å². The largest absolute Gasteiger partial charge is 0.374 e. The van der Waals surface area contributed by atoms with Crippen molar-refractivity contribution >= 4 is 5.78 Å². The van der Waals surface area contributed by atoms with Crippen LogP contribution in [0.4, 0.5) is 8.78 Å². The van der Waals surface area contributed by atoms with Crippen LogP contribution in [-0.4, -0.2) is 49.3 Å². The minimum Gasteiger partial charge on any atom is -0.374 e. The first-order valence-electron chi connectivity index (χ1n) is 9.52. The minimum absolute atomic E-state index is 0.00975. The molecule has 2 N–H and O–H groups in total. The van der Waals surface area contributed by atoms with Gasteiger partial charge in [-0.05, 0) is 25.5 Å². The number of halogens is 2. The van der Waals surface area contributed by atoms with Gasteiger partial charge in [0.2, 0.25) is 0 Å². The molecular weight excluding hydrogens is 366 g/mol. The van der Waals surface area contributed by atoms with Crippen LogP contribution in [-0.2, 0) is 17.8 Å². The normalized spacial score (nSPS) is 31.0. The van der Waals surface area contributed by atoms with E-state index in [9.17, 15) is 8.78 Å². The van der Waals surface area contributed by atoms with Crippen molar-refractivity contribution in [2.24, 2.45) is 11.7 Å². The van der Waals surface area contributed by atoms with Crippen molar-refractivity contribution < 1.29 is 13.5 Å². The maximum absolute atomic E-state index is 14.2. The molecule has 9 heteroatoms. The summed E-state index contributed by atoms with van der Waals surface area (Å²) in [6.07, 6.45) is 4.37. The number of hydrogen-bond acceptors (Lipinski definition) is 6. The van der Waals surface area contributed by atoms with Crippen LogP contribution in [0.15, 0.2) is 30.0 Å². The first-order valence-corrected chi connectivity index (χ1v) is 9.52. The highest BCUT2D eigenvalue weighted by Crippen LogP contribution is 2.36. The molecule has 4 atom stereocenters. The Kier molecular flexibility index (Phi) is 4.26. The fourth-order valence-electron chi connectivity index (χ4n) is 4.51. The van der Waals surface area contributed by atoms with E-state index in [1.165, 1.54) is 12.2 Å². The smallest absolute Gasteiger partial charge is 0.252 e. The van der Waals surface area contributed by atoms with E-state index < -0.39 is 12.0 Å². The van der Waals surface area contributed by atoms with E-state index in [2.05, 4.69) is 20.0 Å². The lowest BCUT2D eigenvalue weighted by Crippen LogP contribution is -2.53. The fraction of sp³-hybridized carbons (Fsp3) is 0.526. The highest BCUT2D eigenvalue weighted by molar-refractivity contribution is 5.35. The van der Waals surface area contributed by atoms with Gasteiger partial charge in [-0.1, -0.05) is 0 Å². The monoisotopic (exact) mass is 388 g/mol. The maximum atomic E-state index is 14.2. The second-order valence-electron chi connectivity index (χ2n) is 7.83. The number of nitrogens with two attached hydrogens (primary N) is 1. The molecule has 0 bridgehead atoms. The van der Waals surface area contributed by atoms with Crippen molar-refractivity contribution in [2.45, 2.75) is 51.0 Å². The molecule has 4 heterocycles. The summed E-state index contributed by atoms with van der Waals surface area (Å²) in [5.74, 6) is -0.0417. The molecule has 7 nitrogen and oxygen atoms in total. The summed E-state index contributed by atoms with van der Waals surface area (Å²) in [5, 5.41) is 4.44. The van der Waals surface area contributed by atoms with E-state index in [0.29, 0.717) is 31.2 Å². The summed E-state index contributed by atoms with van der Waals surface area (Å²) < 4.78 is 35.6. The van der Waals surface area contributed by atoms with Gasteiger partial charge >= 0.3 is 0 Å². The number of fused-ring (bicyclic) bond motifs is 3. The number of allylic oxidation sites excluding steroid dienone is 3. The lowest BCUT2D eigenvalue weighted by atomic mass is 9.85. The van der Waals surface area contributed by atoms with Gasteiger partial charge in [0, 0.05) is 49.3 Å². The minimum atomic E-state index is -0.640. The van der Waals surface area contributed by atoms with Gasteiger partial charge in [0.25, 0.3) is 5.78 Å². The number of rotatable bonds is 2. The molecule has 0 saturated carbocycles. The van der Waals surface area contributed by atoms with Crippen molar-refractivity contribution in [1.82, 2.24) is 24.5 Å². The van der Waals surface area contributed by atoms with E-state index in [0.717, 1.165) is 17.8 Å². The number of ether oxygens (including phenoxy) is 1. The molecule has 0 aromatic carbocycles. The lowest BCUT2D eigenvalue weighted by molar-refractivity contribution is -0.0728. The Morgan fingerprint density at radius 2 is 2.11 bits per heavy atom. The van der Waals surface area contributed by atoms with E-state index >= 15 is 0 Å². The van der Waals surface area contributed by atoms with Crippen LogP contribution in [0.25, 0.3) is 5.78 Å². The molecule has 3 unspecified atom stereocenters. The highest BCUT2D eigenvalue weighted by atomic mass is 19.1. The van der Waals surface area contributed by atoms with Crippen LogP contribution in [0.3, 0.4) is 0 Å². The summed E-state index contributed by atoms with van der Waals surface area (Å²) in [4.78, 5) is 11.0. The third-order valence-electron chi connectivity index (χ3n) is 5.94. The van der Waals surface area contributed by atoms with Crippen LogP contribution in [0.5, 0.6) is 0 Å². The third-order valence-corrected chi connectivity index (χ3v) is 5.94. The molecule has 2 aromatic heterocycles. The van der Waals surface area contributed by atoms with E-state index in [1.807, 2.05) is 13.1 Å². The zero-order valence-corrected chi connectivity index (χ0v) is 15.6. The van der Waals surface area contributed by atoms with Gasteiger partial charge in [-0.15, -0.1) is 5.10 Å². The Balaban J connectivity index is 1.30. The van der Waals surface area contributed by atoms with Gasteiger partial charge in [-0.2, -0.15) is 9.50 Å². The predicted molar refractivity (Wildman–Crippen MR) is 97.4 cm³/mol. The van der Waals surface area contributed by atoms with Gasteiger partial charge in [0.15, 0.2) is 0 Å². The van der Waals surface area contributed by atoms with Crippen LogP contribution in [0.2, 0.25) is 0 Å². The maximum Gasteiger partial charge on any atom is 0.252 e. The Hall–Kier alpha value is -2.23. The standard InChI is InChI=1S/C19H22F2N6O/c1-10-24-19-23-6-11-7-26(8-17(11)27(19)25-10)13-5-16(22)18(28-9-13)14-4-12(20)2-3-15(14)21/h2-3,6,13-14,16,18H,4-5,7-9,22H2,1H3/t13?,14?,16?,18-/m1/s1. The van der Waals surface area contributed by atoms with Crippen molar-refractivity contribution in [2.75, 3.05) is 6.61 Å². The van der Waals surface area contributed by atoms with Crippen molar-refractivity contribution in [3.05, 3.63) is 47.1 Å². The summed E-state index contributed by atoms with van der Waals surface area (Å²) in [6, 6.07) is -0.251. The fourth-order valence-corrected chi connectivity index (χ4v) is 4.51. The molecule has 1 aliphatic carbocycles. The lowest BCUT2D eigenvalue weighted by Gasteiger charge is -2.41. The van der Waals surface area contributed by atoms with E-state index in [-0.39, 0.29) is 30.2 Å². The summed E-state index contributed by atoms with van der Waals surface area (Å²) in [7, 11) is 0. The Labute approximate surface area is 160 Å². The van der Waals surface area contributed by atoms with E-state index in [1.54, 1.807) is 4.52 Å². The van der Waals surface area contributed by atoms with Crippen LogP contribution < -0.4 is 5.73 Å². The van der Waals surface area contributed by atoms with Crippen molar-refractivity contribution in [3.8, 4) is 0 Å². The number of hydrogen-bond donors (Lipinski definition) is 1. The second kappa shape index (κ2) is 6.68. The molecule has 148 valence electrons. The van der Waals surface area contributed by atoms with Gasteiger partial charge < -0.3 is 10.5 Å². The van der Waals surface area contributed by atoms with Gasteiger partial charge in [-0.25, -0.2) is 13.8 Å². The van der Waals surface area contributed by atoms with Crippen LogP contribution in [0.1, 0.15) is 29.9 Å². The molecular formula is C19H22F2N6O. The van der Waals surface area contributed by atoms with Gasteiger partial charge in [0.1, 0.15) is 17.5 Å². The molecule has 28 heavy (non-hydrogen) atoms. The molecule has 5 rings (SSSR count). The Bertz CT molecular complexity index is 986. The van der Waals surface area contributed by atoms with Crippen LogP contribution >= 0.6 is 0 Å². The SMILES string of the molecule is Cc1nc2ncc3c(n2n1)CN(C1CO[C@H](C2CC(F)=CC=C2F)C(N)C1)C3. The molecule has 3 aliphatic rings.